The molecule has 1 fully saturated rings. The summed E-state index contributed by atoms with van der Waals surface area (Å²) in [6.07, 6.45) is 4.39. The third kappa shape index (κ3) is 5.21. The zero-order valence-corrected chi connectivity index (χ0v) is 17.7. The predicted octanol–water partition coefficient (Wildman–Crippen LogP) is 3.53. The number of benzene rings is 1. The number of ether oxygens (including phenoxy) is 1. The van der Waals surface area contributed by atoms with Crippen molar-refractivity contribution >= 4 is 31.8 Å². The van der Waals surface area contributed by atoms with Gasteiger partial charge in [-0.15, -0.1) is 0 Å². The molecule has 146 valence electrons. The third-order valence-electron chi connectivity index (χ3n) is 4.57. The Balaban J connectivity index is 1.56. The van der Waals surface area contributed by atoms with Crippen molar-refractivity contribution in [1.29, 1.82) is 0 Å². The quantitative estimate of drug-likeness (QED) is 0.641. The summed E-state index contributed by atoms with van der Waals surface area (Å²) in [7, 11) is -1.53. The Morgan fingerprint density at radius 2 is 1.81 bits per heavy atom. The number of pyridine rings is 1. The molecular formula is C19H24BrN3O3S. The van der Waals surface area contributed by atoms with Gasteiger partial charge >= 0.3 is 0 Å². The average molecular weight is 454 g/mol. The summed E-state index contributed by atoms with van der Waals surface area (Å²) < 4.78 is 33.6. The number of rotatable bonds is 7. The summed E-state index contributed by atoms with van der Waals surface area (Å²) in [4.78, 5) is 6.53. The molecule has 0 saturated carbocycles. The minimum Gasteiger partial charge on any atom is -0.492 e. The Morgan fingerprint density at radius 1 is 1.11 bits per heavy atom. The molecule has 1 aliphatic rings. The van der Waals surface area contributed by atoms with Crippen LogP contribution in [0.25, 0.3) is 0 Å². The number of hydrogen-bond acceptors (Lipinski definition) is 5. The van der Waals surface area contributed by atoms with Crippen LogP contribution >= 0.6 is 15.9 Å². The first-order valence-corrected chi connectivity index (χ1v) is 11.3. The average Bonchev–Trinajstić information content (AvgIpc) is 2.70. The van der Waals surface area contributed by atoms with E-state index in [0.717, 1.165) is 29.5 Å². The molecule has 0 unspecified atom stereocenters. The highest BCUT2D eigenvalue weighted by atomic mass is 79.9. The molecule has 27 heavy (non-hydrogen) atoms. The van der Waals surface area contributed by atoms with Crippen LogP contribution in [0.3, 0.4) is 0 Å². The Labute approximate surface area is 169 Å². The van der Waals surface area contributed by atoms with E-state index < -0.39 is 10.0 Å². The lowest BCUT2D eigenvalue weighted by Gasteiger charge is -2.26. The SMILES string of the molecule is CN(CCOc1ccc(Br)cc1)c1ccc(S(=O)(=O)N2CCCCC2)cn1. The first kappa shape index (κ1) is 20.1. The molecule has 0 aliphatic carbocycles. The van der Waals surface area contributed by atoms with Crippen molar-refractivity contribution in [2.24, 2.45) is 0 Å². The molecule has 0 amide bonds. The summed E-state index contributed by atoms with van der Waals surface area (Å²) in [5.74, 6) is 1.52. The van der Waals surface area contributed by atoms with Crippen LogP contribution in [-0.4, -0.2) is 51.0 Å². The minimum absolute atomic E-state index is 0.257. The van der Waals surface area contributed by atoms with Crippen LogP contribution in [-0.2, 0) is 10.0 Å². The smallest absolute Gasteiger partial charge is 0.244 e. The van der Waals surface area contributed by atoms with Gasteiger partial charge in [-0.1, -0.05) is 22.4 Å². The van der Waals surface area contributed by atoms with E-state index >= 15 is 0 Å². The van der Waals surface area contributed by atoms with Crippen molar-refractivity contribution in [1.82, 2.24) is 9.29 Å². The van der Waals surface area contributed by atoms with E-state index in [0.29, 0.717) is 32.1 Å². The highest BCUT2D eigenvalue weighted by molar-refractivity contribution is 9.10. The first-order valence-electron chi connectivity index (χ1n) is 9.02. The fraction of sp³-hybridized carbons (Fsp3) is 0.421. The summed E-state index contributed by atoms with van der Waals surface area (Å²) in [5.41, 5.74) is 0. The molecule has 1 saturated heterocycles. The maximum atomic E-state index is 12.7. The van der Waals surface area contributed by atoms with Gasteiger partial charge in [-0.2, -0.15) is 4.31 Å². The van der Waals surface area contributed by atoms with Gasteiger partial charge in [-0.05, 0) is 49.2 Å². The number of sulfonamides is 1. The lowest BCUT2D eigenvalue weighted by Crippen LogP contribution is -2.35. The number of hydrogen-bond donors (Lipinski definition) is 0. The Bertz CT molecular complexity index is 836. The molecule has 0 bridgehead atoms. The molecule has 1 aliphatic heterocycles. The Morgan fingerprint density at radius 3 is 2.44 bits per heavy atom. The van der Waals surface area contributed by atoms with Crippen LogP contribution in [0, 0.1) is 0 Å². The number of aromatic nitrogens is 1. The van der Waals surface area contributed by atoms with E-state index in [1.54, 1.807) is 16.4 Å². The highest BCUT2D eigenvalue weighted by Gasteiger charge is 2.26. The normalized spacial score (nSPS) is 15.5. The van der Waals surface area contributed by atoms with Gasteiger partial charge in [0.15, 0.2) is 0 Å². The minimum atomic E-state index is -3.44. The van der Waals surface area contributed by atoms with E-state index in [1.165, 1.54) is 6.20 Å². The van der Waals surface area contributed by atoms with Crippen molar-refractivity contribution in [3.05, 3.63) is 47.1 Å². The van der Waals surface area contributed by atoms with Crippen LogP contribution in [0.4, 0.5) is 5.82 Å². The van der Waals surface area contributed by atoms with Crippen LogP contribution in [0.2, 0.25) is 0 Å². The van der Waals surface area contributed by atoms with Crippen LogP contribution in [0.15, 0.2) is 52.0 Å². The van der Waals surface area contributed by atoms with Gasteiger partial charge in [0.1, 0.15) is 23.1 Å². The first-order chi connectivity index (χ1) is 13.0. The number of nitrogens with zero attached hydrogens (tertiary/aromatic N) is 3. The monoisotopic (exact) mass is 453 g/mol. The van der Waals surface area contributed by atoms with E-state index in [2.05, 4.69) is 20.9 Å². The largest absolute Gasteiger partial charge is 0.492 e. The maximum Gasteiger partial charge on any atom is 0.244 e. The van der Waals surface area contributed by atoms with E-state index in [9.17, 15) is 8.42 Å². The zero-order valence-electron chi connectivity index (χ0n) is 15.3. The van der Waals surface area contributed by atoms with Gasteiger partial charge in [-0.25, -0.2) is 13.4 Å². The molecule has 0 radical (unpaired) electrons. The molecule has 2 heterocycles. The number of halogens is 1. The van der Waals surface area contributed by atoms with Crippen molar-refractivity contribution in [2.45, 2.75) is 24.2 Å². The summed E-state index contributed by atoms with van der Waals surface area (Å²) >= 11 is 3.39. The van der Waals surface area contributed by atoms with Crippen molar-refractivity contribution in [3.63, 3.8) is 0 Å². The van der Waals surface area contributed by atoms with Gasteiger partial charge in [0.05, 0.1) is 6.54 Å². The van der Waals surface area contributed by atoms with E-state index in [4.69, 9.17) is 4.74 Å². The van der Waals surface area contributed by atoms with Gasteiger partial charge in [0.25, 0.3) is 0 Å². The molecule has 0 spiro atoms. The second kappa shape index (κ2) is 9.03. The predicted molar refractivity (Wildman–Crippen MR) is 110 cm³/mol. The van der Waals surface area contributed by atoms with Crippen molar-refractivity contribution in [3.8, 4) is 5.75 Å². The maximum absolute atomic E-state index is 12.7. The molecule has 0 atom stereocenters. The topological polar surface area (TPSA) is 62.7 Å². The van der Waals surface area contributed by atoms with Crippen LogP contribution in [0.5, 0.6) is 5.75 Å². The fourth-order valence-electron chi connectivity index (χ4n) is 2.95. The van der Waals surface area contributed by atoms with Gasteiger partial charge in [0, 0.05) is 30.8 Å². The Kier molecular flexibility index (Phi) is 6.73. The molecule has 3 rings (SSSR count). The van der Waals surface area contributed by atoms with Gasteiger partial charge < -0.3 is 9.64 Å². The Hall–Kier alpha value is -1.64. The summed E-state index contributed by atoms with van der Waals surface area (Å²) in [5, 5.41) is 0. The van der Waals surface area contributed by atoms with Crippen LogP contribution in [0.1, 0.15) is 19.3 Å². The molecule has 6 nitrogen and oxygen atoms in total. The van der Waals surface area contributed by atoms with Crippen molar-refractivity contribution in [2.75, 3.05) is 38.2 Å². The molecule has 0 N–H and O–H groups in total. The summed E-state index contributed by atoms with van der Waals surface area (Å²) in [6, 6.07) is 11.1. The molecule has 2 aromatic rings. The van der Waals surface area contributed by atoms with E-state index in [-0.39, 0.29) is 4.90 Å². The highest BCUT2D eigenvalue weighted by Crippen LogP contribution is 2.21. The lowest BCUT2D eigenvalue weighted by atomic mass is 10.2. The van der Waals surface area contributed by atoms with Gasteiger partial charge in [0.2, 0.25) is 10.0 Å². The second-order valence-electron chi connectivity index (χ2n) is 6.54. The second-order valence-corrected chi connectivity index (χ2v) is 9.39. The number of anilines is 1. The summed E-state index contributed by atoms with van der Waals surface area (Å²) in [6.45, 7) is 2.34. The molecule has 1 aromatic heterocycles. The zero-order chi connectivity index (χ0) is 19.3. The molecule has 1 aromatic carbocycles. The van der Waals surface area contributed by atoms with Crippen LogP contribution < -0.4 is 9.64 Å². The third-order valence-corrected chi connectivity index (χ3v) is 6.98. The van der Waals surface area contributed by atoms with Crippen molar-refractivity contribution < 1.29 is 13.2 Å². The van der Waals surface area contributed by atoms with Gasteiger partial charge in [-0.3, -0.25) is 0 Å². The van der Waals surface area contributed by atoms with E-state index in [1.807, 2.05) is 36.2 Å². The molecule has 8 heteroatoms. The number of piperidine rings is 1. The lowest BCUT2D eigenvalue weighted by molar-refractivity contribution is 0.325. The standard InChI is InChI=1S/C19H24BrN3O3S/c1-22(13-14-26-17-7-5-16(20)6-8-17)19-10-9-18(15-21-19)27(24,25)23-11-3-2-4-12-23/h5-10,15H,2-4,11-14H2,1H3. The fourth-order valence-corrected chi connectivity index (χ4v) is 4.68. The number of likely N-dealkylation sites (N-methyl/N-ethyl adjacent to an activating group) is 1. The molecular weight excluding hydrogens is 430 g/mol.